The monoisotopic (exact) mass is 375 g/mol. The van der Waals surface area contributed by atoms with E-state index in [1.807, 2.05) is 0 Å². The third-order valence-corrected chi connectivity index (χ3v) is 3.99. The Kier molecular flexibility index (Phi) is 5.22. The van der Waals surface area contributed by atoms with Crippen LogP contribution in [0.15, 0.2) is 66.7 Å². The number of benzene rings is 3. The summed E-state index contributed by atoms with van der Waals surface area (Å²) < 4.78 is 18.9. The topological polar surface area (TPSA) is 38.3 Å². The first kappa shape index (κ1) is 17.3. The van der Waals surface area contributed by atoms with Crippen molar-refractivity contribution in [3.05, 3.63) is 88.2 Å². The van der Waals surface area contributed by atoms with E-state index in [-0.39, 0.29) is 10.6 Å². The standard InChI is InChI=1S/C19H12Cl2FNO2/c20-14-5-1-3-7-17(14)25-18-8-4-2-6-16(18)23-19(24)13-10-9-12(22)11-15(13)21/h1-11H,(H,23,24). The molecular formula is C19H12Cl2FNO2. The predicted molar refractivity (Wildman–Crippen MR) is 97.3 cm³/mol. The van der Waals surface area contributed by atoms with Crippen molar-refractivity contribution in [2.75, 3.05) is 5.32 Å². The van der Waals surface area contributed by atoms with Gasteiger partial charge in [-0.2, -0.15) is 0 Å². The minimum atomic E-state index is -0.510. The zero-order valence-electron chi connectivity index (χ0n) is 12.8. The SMILES string of the molecule is O=C(Nc1ccccc1Oc1ccccc1Cl)c1ccc(F)cc1Cl. The van der Waals surface area contributed by atoms with Gasteiger partial charge in [-0.25, -0.2) is 4.39 Å². The molecule has 6 heteroatoms. The zero-order valence-corrected chi connectivity index (χ0v) is 14.3. The van der Waals surface area contributed by atoms with E-state index in [0.717, 1.165) is 6.07 Å². The molecule has 0 radical (unpaired) electrons. The Morgan fingerprint density at radius 2 is 1.56 bits per heavy atom. The van der Waals surface area contributed by atoms with Gasteiger partial charge in [-0.15, -0.1) is 0 Å². The van der Waals surface area contributed by atoms with Crippen LogP contribution in [0.5, 0.6) is 11.5 Å². The number of carbonyl (C=O) groups excluding carboxylic acids is 1. The number of halogens is 3. The second kappa shape index (κ2) is 7.55. The van der Waals surface area contributed by atoms with Gasteiger partial charge in [0.1, 0.15) is 11.6 Å². The molecule has 3 aromatic carbocycles. The molecule has 0 atom stereocenters. The molecule has 0 heterocycles. The number of rotatable bonds is 4. The second-order valence-electron chi connectivity index (χ2n) is 5.11. The molecule has 0 spiro atoms. The molecule has 3 rings (SSSR count). The van der Waals surface area contributed by atoms with Crippen molar-refractivity contribution in [1.29, 1.82) is 0 Å². The van der Waals surface area contributed by atoms with E-state index in [1.54, 1.807) is 48.5 Å². The van der Waals surface area contributed by atoms with Crippen molar-refractivity contribution in [3.63, 3.8) is 0 Å². The van der Waals surface area contributed by atoms with Crippen molar-refractivity contribution in [2.45, 2.75) is 0 Å². The van der Waals surface area contributed by atoms with Gasteiger partial charge in [-0.1, -0.05) is 47.5 Å². The molecule has 3 aromatic rings. The van der Waals surface area contributed by atoms with Crippen LogP contribution in [0.25, 0.3) is 0 Å². The molecule has 0 fully saturated rings. The summed E-state index contributed by atoms with van der Waals surface area (Å²) in [6.45, 7) is 0. The van der Waals surface area contributed by atoms with Crippen LogP contribution in [0, 0.1) is 5.82 Å². The number of hydrogen-bond acceptors (Lipinski definition) is 2. The smallest absolute Gasteiger partial charge is 0.257 e. The van der Waals surface area contributed by atoms with E-state index in [9.17, 15) is 9.18 Å². The van der Waals surface area contributed by atoms with Crippen molar-refractivity contribution in [3.8, 4) is 11.5 Å². The summed E-state index contributed by atoms with van der Waals surface area (Å²) in [4.78, 5) is 12.4. The Morgan fingerprint density at radius 3 is 2.28 bits per heavy atom. The van der Waals surface area contributed by atoms with Gasteiger partial charge in [0.25, 0.3) is 5.91 Å². The first-order valence-corrected chi connectivity index (χ1v) is 8.08. The molecule has 0 aliphatic rings. The molecule has 1 N–H and O–H groups in total. The quantitative estimate of drug-likeness (QED) is 0.591. The van der Waals surface area contributed by atoms with Gasteiger partial charge in [0.2, 0.25) is 0 Å². The van der Waals surface area contributed by atoms with Crippen LogP contribution in [0.1, 0.15) is 10.4 Å². The number of carbonyl (C=O) groups is 1. The Labute approximate surface area is 154 Å². The highest BCUT2D eigenvalue weighted by atomic mass is 35.5. The van der Waals surface area contributed by atoms with Gasteiger partial charge in [-0.3, -0.25) is 4.79 Å². The van der Waals surface area contributed by atoms with E-state index in [2.05, 4.69) is 5.32 Å². The average Bonchev–Trinajstić information content (AvgIpc) is 2.58. The van der Waals surface area contributed by atoms with E-state index < -0.39 is 11.7 Å². The first-order chi connectivity index (χ1) is 12.0. The van der Waals surface area contributed by atoms with Crippen LogP contribution in [0.4, 0.5) is 10.1 Å². The van der Waals surface area contributed by atoms with Crippen molar-refractivity contribution in [2.24, 2.45) is 0 Å². The zero-order chi connectivity index (χ0) is 17.8. The number of hydrogen-bond donors (Lipinski definition) is 1. The van der Waals surface area contributed by atoms with E-state index in [1.165, 1.54) is 12.1 Å². The number of amides is 1. The van der Waals surface area contributed by atoms with Gasteiger partial charge in [0, 0.05) is 0 Å². The second-order valence-corrected chi connectivity index (χ2v) is 5.92. The Hall–Kier alpha value is -2.56. The summed E-state index contributed by atoms with van der Waals surface area (Å²) in [5.74, 6) is -0.0999. The number of para-hydroxylation sites is 3. The highest BCUT2D eigenvalue weighted by Crippen LogP contribution is 2.33. The summed E-state index contributed by atoms with van der Waals surface area (Å²) in [7, 11) is 0. The van der Waals surface area contributed by atoms with Crippen LogP contribution >= 0.6 is 23.2 Å². The summed E-state index contributed by atoms with van der Waals surface area (Å²) in [6.07, 6.45) is 0. The molecule has 1 amide bonds. The van der Waals surface area contributed by atoms with Crippen LogP contribution in [0.2, 0.25) is 10.0 Å². The average molecular weight is 376 g/mol. The van der Waals surface area contributed by atoms with Gasteiger partial charge in [0.05, 0.1) is 21.3 Å². The third kappa shape index (κ3) is 4.10. The van der Waals surface area contributed by atoms with Crippen molar-refractivity contribution in [1.82, 2.24) is 0 Å². The maximum absolute atomic E-state index is 13.1. The summed E-state index contributed by atoms with van der Waals surface area (Å²) in [6, 6.07) is 17.5. The van der Waals surface area contributed by atoms with E-state index in [4.69, 9.17) is 27.9 Å². The molecule has 3 nitrogen and oxygen atoms in total. The lowest BCUT2D eigenvalue weighted by Crippen LogP contribution is -2.13. The summed E-state index contributed by atoms with van der Waals surface area (Å²) in [5.41, 5.74) is 0.600. The lowest BCUT2D eigenvalue weighted by molar-refractivity contribution is 0.102. The Bertz CT molecular complexity index is 931. The third-order valence-electron chi connectivity index (χ3n) is 3.37. The van der Waals surface area contributed by atoms with Gasteiger partial charge in [-0.05, 0) is 42.5 Å². The van der Waals surface area contributed by atoms with Crippen LogP contribution < -0.4 is 10.1 Å². The number of ether oxygens (including phenoxy) is 1. The van der Waals surface area contributed by atoms with Crippen molar-refractivity contribution < 1.29 is 13.9 Å². The fourth-order valence-electron chi connectivity index (χ4n) is 2.17. The van der Waals surface area contributed by atoms with Crippen LogP contribution in [0.3, 0.4) is 0 Å². The van der Waals surface area contributed by atoms with Gasteiger partial charge in [0.15, 0.2) is 5.75 Å². The molecule has 0 aliphatic carbocycles. The molecule has 0 bridgehead atoms. The predicted octanol–water partition coefficient (Wildman–Crippen LogP) is 6.18. The highest BCUT2D eigenvalue weighted by Gasteiger charge is 2.14. The van der Waals surface area contributed by atoms with Gasteiger partial charge >= 0.3 is 0 Å². The summed E-state index contributed by atoms with van der Waals surface area (Å²) >= 11 is 12.0. The number of nitrogens with one attached hydrogen (secondary N) is 1. The van der Waals surface area contributed by atoms with Crippen LogP contribution in [-0.4, -0.2) is 5.91 Å². The van der Waals surface area contributed by atoms with Crippen LogP contribution in [-0.2, 0) is 0 Å². The lowest BCUT2D eigenvalue weighted by atomic mass is 10.2. The lowest BCUT2D eigenvalue weighted by Gasteiger charge is -2.13. The molecule has 25 heavy (non-hydrogen) atoms. The Morgan fingerprint density at radius 1 is 0.880 bits per heavy atom. The first-order valence-electron chi connectivity index (χ1n) is 7.32. The Balaban J connectivity index is 1.86. The molecule has 0 unspecified atom stereocenters. The molecule has 0 aliphatic heterocycles. The molecule has 0 saturated heterocycles. The fourth-order valence-corrected chi connectivity index (χ4v) is 2.60. The fraction of sp³-hybridized carbons (Fsp3) is 0. The minimum absolute atomic E-state index is 0.0296. The van der Waals surface area contributed by atoms with E-state index in [0.29, 0.717) is 22.2 Å². The highest BCUT2D eigenvalue weighted by molar-refractivity contribution is 6.34. The molecule has 0 saturated carbocycles. The largest absolute Gasteiger partial charge is 0.454 e. The maximum Gasteiger partial charge on any atom is 0.257 e. The molecular weight excluding hydrogens is 364 g/mol. The van der Waals surface area contributed by atoms with Crippen molar-refractivity contribution >= 4 is 34.8 Å². The maximum atomic E-state index is 13.1. The van der Waals surface area contributed by atoms with E-state index >= 15 is 0 Å². The normalized spacial score (nSPS) is 10.4. The minimum Gasteiger partial charge on any atom is -0.454 e. The van der Waals surface area contributed by atoms with Gasteiger partial charge < -0.3 is 10.1 Å². The summed E-state index contributed by atoms with van der Waals surface area (Å²) in [5, 5.41) is 3.19. The molecule has 0 aromatic heterocycles. The number of anilines is 1. The molecule has 126 valence electrons.